The van der Waals surface area contributed by atoms with Gasteiger partial charge in [0, 0.05) is 54.7 Å². The molecule has 1 aliphatic rings. The molecule has 2 aromatic heterocycles. The summed E-state index contributed by atoms with van der Waals surface area (Å²) in [4.78, 5) is 34.1. The minimum atomic E-state index is 0.0231. The highest BCUT2D eigenvalue weighted by atomic mass is 32.1. The molecule has 3 aromatic rings. The Kier molecular flexibility index (Phi) is 5.49. The standard InChI is InChI=1S/C22H24N4O2S/c1-16-15-19(17(2)26(16)22-23-9-14-29-22)21(28)25-11-6-10-24(12-13-25)20(27)18-7-4-3-5-8-18/h3-5,7-9,14-15H,6,10-13H2,1-2H3. The largest absolute Gasteiger partial charge is 0.337 e. The van der Waals surface area contributed by atoms with E-state index in [0.29, 0.717) is 37.3 Å². The van der Waals surface area contributed by atoms with Gasteiger partial charge in [-0.3, -0.25) is 14.2 Å². The molecule has 1 saturated heterocycles. The Bertz CT molecular complexity index is 1010. The van der Waals surface area contributed by atoms with Crippen molar-refractivity contribution >= 4 is 23.2 Å². The molecule has 29 heavy (non-hydrogen) atoms. The average molecular weight is 409 g/mol. The van der Waals surface area contributed by atoms with E-state index in [0.717, 1.165) is 22.9 Å². The Morgan fingerprint density at radius 1 is 0.966 bits per heavy atom. The molecule has 3 heterocycles. The van der Waals surface area contributed by atoms with Gasteiger partial charge >= 0.3 is 0 Å². The van der Waals surface area contributed by atoms with Crippen LogP contribution in [-0.2, 0) is 0 Å². The van der Waals surface area contributed by atoms with Crippen LogP contribution in [0.3, 0.4) is 0 Å². The molecule has 4 rings (SSSR count). The number of aromatic nitrogens is 2. The number of benzene rings is 1. The van der Waals surface area contributed by atoms with Gasteiger partial charge in [0.25, 0.3) is 11.8 Å². The summed E-state index contributed by atoms with van der Waals surface area (Å²) in [5, 5.41) is 2.80. The first-order valence-electron chi connectivity index (χ1n) is 9.78. The van der Waals surface area contributed by atoms with Gasteiger partial charge in [-0.15, -0.1) is 11.3 Å². The Morgan fingerprint density at radius 2 is 1.66 bits per heavy atom. The van der Waals surface area contributed by atoms with Crippen molar-refractivity contribution in [3.8, 4) is 5.13 Å². The van der Waals surface area contributed by atoms with Gasteiger partial charge in [0.2, 0.25) is 0 Å². The average Bonchev–Trinajstić information content (AvgIpc) is 3.27. The van der Waals surface area contributed by atoms with Crippen LogP contribution in [0, 0.1) is 13.8 Å². The van der Waals surface area contributed by atoms with E-state index in [-0.39, 0.29) is 11.8 Å². The van der Waals surface area contributed by atoms with Crippen molar-refractivity contribution in [2.24, 2.45) is 0 Å². The molecular formula is C22H24N4O2S. The van der Waals surface area contributed by atoms with Crippen LogP contribution < -0.4 is 0 Å². The summed E-state index contributed by atoms with van der Waals surface area (Å²) in [5.41, 5.74) is 3.31. The van der Waals surface area contributed by atoms with Crippen LogP contribution in [0.15, 0.2) is 48.0 Å². The number of aryl methyl sites for hydroxylation is 1. The minimum Gasteiger partial charge on any atom is -0.337 e. The lowest BCUT2D eigenvalue weighted by molar-refractivity contribution is 0.0718. The lowest BCUT2D eigenvalue weighted by Gasteiger charge is -2.22. The Balaban J connectivity index is 1.49. The Morgan fingerprint density at radius 3 is 2.31 bits per heavy atom. The van der Waals surface area contributed by atoms with Crippen LogP contribution in [0.25, 0.3) is 5.13 Å². The highest BCUT2D eigenvalue weighted by Gasteiger charge is 2.26. The zero-order valence-corrected chi connectivity index (χ0v) is 17.5. The van der Waals surface area contributed by atoms with Crippen LogP contribution in [0.5, 0.6) is 0 Å². The quantitative estimate of drug-likeness (QED) is 0.666. The zero-order valence-electron chi connectivity index (χ0n) is 16.7. The number of rotatable bonds is 3. The molecule has 7 heteroatoms. The topological polar surface area (TPSA) is 58.4 Å². The van der Waals surface area contributed by atoms with Gasteiger partial charge in [0.05, 0.1) is 5.56 Å². The number of carbonyl (C=O) groups is 2. The second-order valence-corrected chi connectivity index (χ2v) is 8.11. The van der Waals surface area contributed by atoms with Gasteiger partial charge < -0.3 is 9.80 Å². The highest BCUT2D eigenvalue weighted by molar-refractivity contribution is 7.12. The summed E-state index contributed by atoms with van der Waals surface area (Å²) in [5.74, 6) is 0.0526. The number of carbonyl (C=O) groups excluding carboxylic acids is 2. The van der Waals surface area contributed by atoms with Gasteiger partial charge in [-0.25, -0.2) is 4.98 Å². The van der Waals surface area contributed by atoms with Gasteiger partial charge in [-0.1, -0.05) is 18.2 Å². The van der Waals surface area contributed by atoms with E-state index >= 15 is 0 Å². The molecule has 0 N–H and O–H groups in total. The summed E-state index contributed by atoms with van der Waals surface area (Å²) >= 11 is 1.55. The molecule has 0 spiro atoms. The molecule has 0 aliphatic carbocycles. The van der Waals surface area contributed by atoms with Crippen molar-refractivity contribution in [3.05, 3.63) is 70.5 Å². The van der Waals surface area contributed by atoms with Crippen molar-refractivity contribution in [2.45, 2.75) is 20.3 Å². The first-order valence-corrected chi connectivity index (χ1v) is 10.7. The van der Waals surface area contributed by atoms with E-state index in [1.807, 2.05) is 70.0 Å². The van der Waals surface area contributed by atoms with Gasteiger partial charge in [0.15, 0.2) is 5.13 Å². The second kappa shape index (κ2) is 8.21. The molecular weight excluding hydrogens is 384 g/mol. The summed E-state index contributed by atoms with van der Waals surface area (Å²) in [6, 6.07) is 11.3. The normalized spacial score (nSPS) is 14.7. The molecule has 0 bridgehead atoms. The van der Waals surface area contributed by atoms with Gasteiger partial charge in [-0.2, -0.15) is 0 Å². The summed E-state index contributed by atoms with van der Waals surface area (Å²) in [6.45, 7) is 6.36. The SMILES string of the molecule is Cc1cc(C(=O)N2CCCN(C(=O)c3ccccc3)CC2)c(C)n1-c1nccs1. The molecule has 0 saturated carbocycles. The maximum absolute atomic E-state index is 13.2. The van der Waals surface area contributed by atoms with E-state index in [1.54, 1.807) is 17.5 Å². The molecule has 1 aliphatic heterocycles. The lowest BCUT2D eigenvalue weighted by atomic mass is 10.2. The van der Waals surface area contributed by atoms with E-state index < -0.39 is 0 Å². The maximum Gasteiger partial charge on any atom is 0.255 e. The van der Waals surface area contributed by atoms with E-state index in [4.69, 9.17) is 0 Å². The number of nitrogens with zero attached hydrogens (tertiary/aromatic N) is 4. The second-order valence-electron chi connectivity index (χ2n) is 7.24. The van der Waals surface area contributed by atoms with Crippen LogP contribution >= 0.6 is 11.3 Å². The monoisotopic (exact) mass is 408 g/mol. The third kappa shape index (κ3) is 3.82. The van der Waals surface area contributed by atoms with Gasteiger partial charge in [0.1, 0.15) is 0 Å². The summed E-state index contributed by atoms with van der Waals surface area (Å²) in [7, 11) is 0. The molecule has 1 aromatic carbocycles. The molecule has 1 fully saturated rings. The maximum atomic E-state index is 13.2. The van der Waals surface area contributed by atoms with Crippen LogP contribution in [0.1, 0.15) is 38.5 Å². The lowest BCUT2D eigenvalue weighted by Crippen LogP contribution is -2.37. The fourth-order valence-corrected chi connectivity index (χ4v) is 4.61. The molecule has 150 valence electrons. The van der Waals surface area contributed by atoms with Gasteiger partial charge in [-0.05, 0) is 38.5 Å². The van der Waals surface area contributed by atoms with Crippen LogP contribution in [-0.4, -0.2) is 57.3 Å². The van der Waals surface area contributed by atoms with Crippen LogP contribution in [0.2, 0.25) is 0 Å². The number of hydrogen-bond acceptors (Lipinski definition) is 4. The van der Waals surface area contributed by atoms with Crippen molar-refractivity contribution in [1.82, 2.24) is 19.4 Å². The van der Waals surface area contributed by atoms with Crippen molar-refractivity contribution in [3.63, 3.8) is 0 Å². The first-order chi connectivity index (χ1) is 14.1. The van der Waals surface area contributed by atoms with Crippen LogP contribution in [0.4, 0.5) is 0 Å². The highest BCUT2D eigenvalue weighted by Crippen LogP contribution is 2.24. The molecule has 2 amide bonds. The molecule has 0 unspecified atom stereocenters. The number of hydrogen-bond donors (Lipinski definition) is 0. The van der Waals surface area contributed by atoms with Crippen molar-refractivity contribution in [1.29, 1.82) is 0 Å². The van der Waals surface area contributed by atoms with Crippen molar-refractivity contribution in [2.75, 3.05) is 26.2 Å². The zero-order chi connectivity index (χ0) is 20.4. The fourth-order valence-electron chi connectivity index (χ4n) is 3.86. The molecule has 0 radical (unpaired) electrons. The van der Waals surface area contributed by atoms with Crippen molar-refractivity contribution < 1.29 is 9.59 Å². The number of amides is 2. The third-order valence-electron chi connectivity index (χ3n) is 5.36. The predicted octanol–water partition coefficient (Wildman–Crippen LogP) is 3.54. The molecule has 0 atom stereocenters. The number of thiazole rings is 1. The molecule has 6 nitrogen and oxygen atoms in total. The minimum absolute atomic E-state index is 0.0231. The van der Waals surface area contributed by atoms with E-state index in [9.17, 15) is 9.59 Å². The third-order valence-corrected chi connectivity index (χ3v) is 6.12. The smallest absolute Gasteiger partial charge is 0.255 e. The fraction of sp³-hybridized carbons (Fsp3) is 0.318. The Labute approximate surface area is 174 Å². The predicted molar refractivity (Wildman–Crippen MR) is 114 cm³/mol. The summed E-state index contributed by atoms with van der Waals surface area (Å²) < 4.78 is 2.03. The summed E-state index contributed by atoms with van der Waals surface area (Å²) in [6.07, 6.45) is 2.54. The first kappa shape index (κ1) is 19.4. The van der Waals surface area contributed by atoms with E-state index in [2.05, 4.69) is 4.98 Å². The van der Waals surface area contributed by atoms with E-state index in [1.165, 1.54) is 0 Å². The Hall–Kier alpha value is -2.93.